The van der Waals surface area contributed by atoms with E-state index >= 15 is 0 Å². The molecule has 0 aromatic heterocycles. The number of nitrogens with zero attached hydrogens (tertiary/aromatic N) is 1. The summed E-state index contributed by atoms with van der Waals surface area (Å²) in [5, 5.41) is 2.65. The molecule has 23 heavy (non-hydrogen) atoms. The lowest BCUT2D eigenvalue weighted by Gasteiger charge is -2.15. The van der Waals surface area contributed by atoms with Crippen LogP contribution in [0, 0.1) is 0 Å². The molecule has 1 aliphatic heterocycles. The van der Waals surface area contributed by atoms with Crippen LogP contribution in [0.2, 0.25) is 0 Å². The summed E-state index contributed by atoms with van der Waals surface area (Å²) in [4.78, 5) is 11.8. The summed E-state index contributed by atoms with van der Waals surface area (Å²) in [6.45, 7) is 3.94. The van der Waals surface area contributed by atoms with E-state index in [1.807, 2.05) is 6.92 Å². The predicted molar refractivity (Wildman–Crippen MR) is 87.5 cm³/mol. The van der Waals surface area contributed by atoms with Crippen molar-refractivity contribution in [2.45, 2.75) is 44.0 Å². The standard InChI is InChI=1S/C16H24N2O4S/c1-2-3-12-22-16(19)17-13-14-6-8-15(9-7-14)23(20,21)18-10-4-5-11-18/h6-9H,2-5,10-13H2,1H3,(H,17,19). The normalized spacial score (nSPS) is 15.5. The van der Waals surface area contributed by atoms with E-state index in [9.17, 15) is 13.2 Å². The SMILES string of the molecule is CCCCOC(=O)NCc1ccc(S(=O)(=O)N2CCCC2)cc1. The van der Waals surface area contributed by atoms with Gasteiger partial charge in [-0.05, 0) is 37.0 Å². The predicted octanol–water partition coefficient (Wildman–Crippen LogP) is 2.50. The molecule has 1 amide bonds. The highest BCUT2D eigenvalue weighted by atomic mass is 32.2. The van der Waals surface area contributed by atoms with E-state index in [1.54, 1.807) is 24.3 Å². The van der Waals surface area contributed by atoms with Gasteiger partial charge in [-0.25, -0.2) is 13.2 Å². The van der Waals surface area contributed by atoms with Crippen molar-refractivity contribution in [3.8, 4) is 0 Å². The van der Waals surface area contributed by atoms with Crippen molar-refractivity contribution in [3.05, 3.63) is 29.8 Å². The minimum atomic E-state index is -3.38. The van der Waals surface area contributed by atoms with Gasteiger partial charge in [-0.1, -0.05) is 25.5 Å². The number of amides is 1. The Labute approximate surface area is 137 Å². The first-order valence-electron chi connectivity index (χ1n) is 8.03. The van der Waals surface area contributed by atoms with Gasteiger partial charge in [0.25, 0.3) is 0 Å². The Hall–Kier alpha value is -1.60. The molecule has 1 aromatic rings. The number of hydrogen-bond donors (Lipinski definition) is 1. The molecule has 7 heteroatoms. The van der Waals surface area contributed by atoms with Crippen LogP contribution in [-0.4, -0.2) is 38.5 Å². The lowest BCUT2D eigenvalue weighted by molar-refractivity contribution is 0.144. The van der Waals surface area contributed by atoms with Gasteiger partial charge >= 0.3 is 6.09 Å². The third-order valence-corrected chi connectivity index (χ3v) is 5.71. The van der Waals surface area contributed by atoms with Crippen molar-refractivity contribution in [2.24, 2.45) is 0 Å². The van der Waals surface area contributed by atoms with E-state index < -0.39 is 16.1 Å². The quantitative estimate of drug-likeness (QED) is 0.774. The Kier molecular flexibility index (Phi) is 6.41. The minimum Gasteiger partial charge on any atom is -0.450 e. The fourth-order valence-electron chi connectivity index (χ4n) is 2.39. The van der Waals surface area contributed by atoms with Gasteiger partial charge in [-0.2, -0.15) is 4.31 Å². The first-order valence-corrected chi connectivity index (χ1v) is 9.48. The molecule has 0 atom stereocenters. The van der Waals surface area contributed by atoms with Gasteiger partial charge in [0.05, 0.1) is 11.5 Å². The van der Waals surface area contributed by atoms with Crippen LogP contribution in [0.15, 0.2) is 29.2 Å². The first-order chi connectivity index (χ1) is 11.0. The van der Waals surface area contributed by atoms with Crippen molar-refractivity contribution >= 4 is 16.1 Å². The first kappa shape index (κ1) is 17.7. The van der Waals surface area contributed by atoms with E-state index in [1.165, 1.54) is 4.31 Å². The van der Waals surface area contributed by atoms with Crippen LogP contribution in [0.3, 0.4) is 0 Å². The van der Waals surface area contributed by atoms with Crippen LogP contribution < -0.4 is 5.32 Å². The maximum Gasteiger partial charge on any atom is 0.407 e. The molecule has 0 spiro atoms. The average Bonchev–Trinajstić information content (AvgIpc) is 3.09. The largest absolute Gasteiger partial charge is 0.450 e. The van der Waals surface area contributed by atoms with Gasteiger partial charge in [0.2, 0.25) is 10.0 Å². The number of alkyl carbamates (subject to hydrolysis) is 1. The number of unbranched alkanes of at least 4 members (excludes halogenated alkanes) is 1. The summed E-state index contributed by atoms with van der Waals surface area (Å²) < 4.78 is 31.3. The number of carbonyl (C=O) groups excluding carboxylic acids is 1. The highest BCUT2D eigenvalue weighted by Crippen LogP contribution is 2.21. The zero-order valence-electron chi connectivity index (χ0n) is 13.5. The van der Waals surface area contributed by atoms with Gasteiger partial charge in [-0.15, -0.1) is 0 Å². The van der Waals surface area contributed by atoms with Gasteiger partial charge < -0.3 is 10.1 Å². The van der Waals surface area contributed by atoms with Gasteiger partial charge in [0.15, 0.2) is 0 Å². The number of ether oxygens (including phenoxy) is 1. The van der Waals surface area contributed by atoms with Crippen molar-refractivity contribution < 1.29 is 17.9 Å². The Morgan fingerprint density at radius 1 is 1.22 bits per heavy atom. The fourth-order valence-corrected chi connectivity index (χ4v) is 3.91. The number of sulfonamides is 1. The van der Waals surface area contributed by atoms with E-state index in [4.69, 9.17) is 4.74 Å². The van der Waals surface area contributed by atoms with Gasteiger partial charge in [-0.3, -0.25) is 0 Å². The molecule has 0 saturated carbocycles. The molecule has 0 unspecified atom stereocenters. The van der Waals surface area contributed by atoms with Crippen LogP contribution >= 0.6 is 0 Å². The Balaban J connectivity index is 1.88. The third kappa shape index (κ3) is 4.94. The Morgan fingerprint density at radius 2 is 1.87 bits per heavy atom. The molecule has 0 bridgehead atoms. The summed E-state index contributed by atoms with van der Waals surface area (Å²) in [6.07, 6.45) is 3.20. The molecule has 6 nitrogen and oxygen atoms in total. The van der Waals surface area contributed by atoms with E-state index in [0.717, 1.165) is 31.2 Å². The molecular weight excluding hydrogens is 316 g/mol. The topological polar surface area (TPSA) is 75.7 Å². The fraction of sp³-hybridized carbons (Fsp3) is 0.562. The maximum absolute atomic E-state index is 12.4. The molecule has 1 aliphatic rings. The molecule has 0 radical (unpaired) electrons. The summed E-state index contributed by atoms with van der Waals surface area (Å²) in [6, 6.07) is 6.62. The zero-order chi connectivity index (χ0) is 16.7. The van der Waals surface area contributed by atoms with Crippen molar-refractivity contribution in [1.29, 1.82) is 0 Å². The number of nitrogens with one attached hydrogen (secondary N) is 1. The average molecular weight is 340 g/mol. The molecule has 1 N–H and O–H groups in total. The summed E-state index contributed by atoms with van der Waals surface area (Å²) in [7, 11) is -3.38. The molecular formula is C16H24N2O4S. The second-order valence-corrected chi connectivity index (χ2v) is 7.54. The third-order valence-electron chi connectivity index (χ3n) is 3.79. The van der Waals surface area contributed by atoms with Crippen LogP contribution in [0.5, 0.6) is 0 Å². The number of rotatable bonds is 7. The van der Waals surface area contributed by atoms with Crippen LogP contribution in [0.4, 0.5) is 4.79 Å². The number of carbonyl (C=O) groups is 1. The Bertz CT molecular complexity index is 607. The van der Waals surface area contributed by atoms with Gasteiger partial charge in [0.1, 0.15) is 0 Å². The monoisotopic (exact) mass is 340 g/mol. The number of benzene rings is 1. The molecule has 128 valence electrons. The van der Waals surface area contributed by atoms with Crippen molar-refractivity contribution in [2.75, 3.05) is 19.7 Å². The van der Waals surface area contributed by atoms with E-state index in [2.05, 4.69) is 5.32 Å². The smallest absolute Gasteiger partial charge is 0.407 e. The molecule has 1 saturated heterocycles. The second kappa shape index (κ2) is 8.31. The van der Waals surface area contributed by atoms with Crippen molar-refractivity contribution in [1.82, 2.24) is 9.62 Å². The van der Waals surface area contributed by atoms with Crippen molar-refractivity contribution in [3.63, 3.8) is 0 Å². The lowest BCUT2D eigenvalue weighted by Crippen LogP contribution is -2.28. The van der Waals surface area contributed by atoms with Crippen LogP contribution in [0.25, 0.3) is 0 Å². The summed E-state index contributed by atoms with van der Waals surface area (Å²) in [5.74, 6) is 0. The molecule has 1 fully saturated rings. The zero-order valence-corrected chi connectivity index (χ0v) is 14.3. The summed E-state index contributed by atoms with van der Waals surface area (Å²) >= 11 is 0. The molecule has 2 rings (SSSR count). The minimum absolute atomic E-state index is 0.300. The molecule has 1 heterocycles. The molecule has 1 aromatic carbocycles. The van der Waals surface area contributed by atoms with E-state index in [-0.39, 0.29) is 0 Å². The highest BCUT2D eigenvalue weighted by Gasteiger charge is 2.26. The van der Waals surface area contributed by atoms with Crippen LogP contribution in [-0.2, 0) is 21.3 Å². The Morgan fingerprint density at radius 3 is 2.48 bits per heavy atom. The lowest BCUT2D eigenvalue weighted by atomic mass is 10.2. The number of hydrogen-bond acceptors (Lipinski definition) is 4. The maximum atomic E-state index is 12.4. The van der Waals surface area contributed by atoms with Crippen LogP contribution in [0.1, 0.15) is 38.2 Å². The molecule has 0 aliphatic carbocycles. The van der Waals surface area contributed by atoms with E-state index in [0.29, 0.717) is 31.1 Å². The highest BCUT2D eigenvalue weighted by molar-refractivity contribution is 7.89. The van der Waals surface area contributed by atoms with Gasteiger partial charge in [0, 0.05) is 19.6 Å². The second-order valence-electron chi connectivity index (χ2n) is 5.60. The summed E-state index contributed by atoms with van der Waals surface area (Å²) in [5.41, 5.74) is 0.831.